The van der Waals surface area contributed by atoms with Crippen LogP contribution in [0, 0.1) is 11.3 Å². The lowest BCUT2D eigenvalue weighted by molar-refractivity contribution is -0.133. The van der Waals surface area contributed by atoms with E-state index in [2.05, 4.69) is 31.2 Å². The van der Waals surface area contributed by atoms with Crippen molar-refractivity contribution in [2.24, 2.45) is 17.1 Å². The van der Waals surface area contributed by atoms with Gasteiger partial charge in [-0.05, 0) is 45.7 Å². The number of rotatable bonds is 5. The first-order chi connectivity index (χ1) is 9.32. The number of hydrogen-bond donors (Lipinski definition) is 2. The van der Waals surface area contributed by atoms with E-state index in [0.29, 0.717) is 17.5 Å². The van der Waals surface area contributed by atoms with Crippen LogP contribution in [0.5, 0.6) is 0 Å². The molecule has 0 unspecified atom stereocenters. The van der Waals surface area contributed by atoms with E-state index in [1.54, 1.807) is 0 Å². The topological polar surface area (TPSA) is 58.4 Å². The maximum Gasteiger partial charge on any atom is 0.233 e. The summed E-state index contributed by atoms with van der Waals surface area (Å²) >= 11 is 5.14. The standard InChI is InChI=1S/C15H27N3OS/c1-11-8-15(9-11,12(16)20)13(19)17-10-14(18(2)3)6-4-5-7-14/h11H,4-10H2,1-3H3,(H2,16,20)(H,17,19). The third kappa shape index (κ3) is 2.58. The molecule has 5 heteroatoms. The minimum atomic E-state index is -0.582. The summed E-state index contributed by atoms with van der Waals surface area (Å²) in [7, 11) is 4.21. The Kier molecular flexibility index (Phi) is 4.40. The molecule has 4 nitrogen and oxygen atoms in total. The summed E-state index contributed by atoms with van der Waals surface area (Å²) in [5.74, 6) is 0.577. The molecule has 1 amide bonds. The summed E-state index contributed by atoms with van der Waals surface area (Å²) in [5.41, 5.74) is 5.36. The fourth-order valence-electron chi connectivity index (χ4n) is 3.86. The molecule has 2 aliphatic rings. The summed E-state index contributed by atoms with van der Waals surface area (Å²) in [5, 5.41) is 3.14. The SMILES string of the molecule is CC1CC(C(=O)NCC2(N(C)C)CCCC2)(C(N)=S)C1. The monoisotopic (exact) mass is 297 g/mol. The Bertz CT molecular complexity index is 396. The van der Waals surface area contributed by atoms with E-state index < -0.39 is 5.41 Å². The molecule has 2 saturated carbocycles. The lowest BCUT2D eigenvalue weighted by atomic mass is 9.62. The fourth-order valence-corrected chi connectivity index (χ4v) is 4.12. The van der Waals surface area contributed by atoms with Gasteiger partial charge in [0.25, 0.3) is 0 Å². The molecule has 0 atom stereocenters. The number of likely N-dealkylation sites (N-methyl/N-ethyl adjacent to an activating group) is 1. The van der Waals surface area contributed by atoms with Crippen LogP contribution in [0.25, 0.3) is 0 Å². The number of nitrogens with zero attached hydrogens (tertiary/aromatic N) is 1. The van der Waals surface area contributed by atoms with Gasteiger partial charge in [-0.2, -0.15) is 0 Å². The average Bonchev–Trinajstić information content (AvgIpc) is 2.81. The fraction of sp³-hybridized carbons (Fsp3) is 0.867. The van der Waals surface area contributed by atoms with Gasteiger partial charge in [-0.3, -0.25) is 4.79 Å². The van der Waals surface area contributed by atoms with Gasteiger partial charge < -0.3 is 16.0 Å². The molecule has 0 aromatic heterocycles. The van der Waals surface area contributed by atoms with Crippen LogP contribution in [0.2, 0.25) is 0 Å². The zero-order valence-corrected chi connectivity index (χ0v) is 13.7. The molecule has 114 valence electrons. The molecule has 3 N–H and O–H groups in total. The van der Waals surface area contributed by atoms with Crippen LogP contribution in [-0.4, -0.2) is 42.0 Å². The van der Waals surface area contributed by atoms with Crippen LogP contribution in [-0.2, 0) is 4.79 Å². The van der Waals surface area contributed by atoms with Crippen molar-refractivity contribution in [1.29, 1.82) is 0 Å². The summed E-state index contributed by atoms with van der Waals surface area (Å²) in [6.07, 6.45) is 6.37. The van der Waals surface area contributed by atoms with E-state index in [0.717, 1.165) is 25.7 Å². The minimum Gasteiger partial charge on any atom is -0.392 e. The first-order valence-corrected chi connectivity index (χ1v) is 7.99. The highest BCUT2D eigenvalue weighted by Crippen LogP contribution is 2.46. The molecular weight excluding hydrogens is 270 g/mol. The summed E-state index contributed by atoms with van der Waals surface area (Å²) in [4.78, 5) is 15.2. The van der Waals surface area contributed by atoms with Crippen molar-refractivity contribution >= 4 is 23.1 Å². The highest BCUT2D eigenvalue weighted by molar-refractivity contribution is 7.80. The highest BCUT2D eigenvalue weighted by Gasteiger charge is 2.51. The van der Waals surface area contributed by atoms with Crippen molar-refractivity contribution in [3.63, 3.8) is 0 Å². The van der Waals surface area contributed by atoms with Crippen molar-refractivity contribution < 1.29 is 4.79 Å². The van der Waals surface area contributed by atoms with Gasteiger partial charge >= 0.3 is 0 Å². The van der Waals surface area contributed by atoms with Crippen molar-refractivity contribution in [3.8, 4) is 0 Å². The van der Waals surface area contributed by atoms with Crippen molar-refractivity contribution in [3.05, 3.63) is 0 Å². The van der Waals surface area contributed by atoms with E-state index in [9.17, 15) is 4.79 Å². The number of nitrogens with two attached hydrogens (primary N) is 1. The van der Waals surface area contributed by atoms with Crippen molar-refractivity contribution in [2.45, 2.75) is 51.0 Å². The van der Waals surface area contributed by atoms with Crippen LogP contribution in [0.4, 0.5) is 0 Å². The summed E-state index contributed by atoms with van der Waals surface area (Å²) < 4.78 is 0. The Morgan fingerprint density at radius 3 is 2.30 bits per heavy atom. The van der Waals surface area contributed by atoms with Crippen molar-refractivity contribution in [1.82, 2.24) is 10.2 Å². The van der Waals surface area contributed by atoms with E-state index in [1.807, 2.05) is 0 Å². The van der Waals surface area contributed by atoms with Gasteiger partial charge in [-0.15, -0.1) is 0 Å². The van der Waals surface area contributed by atoms with E-state index in [1.165, 1.54) is 12.8 Å². The number of amides is 1. The van der Waals surface area contributed by atoms with E-state index >= 15 is 0 Å². The number of nitrogens with one attached hydrogen (secondary N) is 1. The second kappa shape index (κ2) is 5.60. The zero-order chi connectivity index (χ0) is 15.0. The van der Waals surface area contributed by atoms with Crippen LogP contribution in [0.15, 0.2) is 0 Å². The molecule has 20 heavy (non-hydrogen) atoms. The Morgan fingerprint density at radius 1 is 1.35 bits per heavy atom. The Morgan fingerprint density at radius 2 is 1.90 bits per heavy atom. The van der Waals surface area contributed by atoms with Gasteiger partial charge in [0.15, 0.2) is 0 Å². The van der Waals surface area contributed by atoms with Gasteiger partial charge in [-0.25, -0.2) is 0 Å². The number of thiocarbonyl (C=S) groups is 1. The molecule has 2 rings (SSSR count). The van der Waals surface area contributed by atoms with Gasteiger partial charge in [-0.1, -0.05) is 32.0 Å². The van der Waals surface area contributed by atoms with Gasteiger partial charge in [0.1, 0.15) is 0 Å². The number of carbonyl (C=O) groups is 1. The smallest absolute Gasteiger partial charge is 0.233 e. The van der Waals surface area contributed by atoms with Crippen LogP contribution in [0.1, 0.15) is 45.4 Å². The average molecular weight is 297 g/mol. The van der Waals surface area contributed by atoms with Gasteiger partial charge in [0.2, 0.25) is 5.91 Å². The van der Waals surface area contributed by atoms with Gasteiger partial charge in [0, 0.05) is 12.1 Å². The second-order valence-electron chi connectivity index (χ2n) is 6.97. The third-order valence-electron chi connectivity index (χ3n) is 5.36. The Balaban J connectivity index is 1.99. The summed E-state index contributed by atoms with van der Waals surface area (Å²) in [6.45, 7) is 2.85. The lowest BCUT2D eigenvalue weighted by Crippen LogP contribution is -2.59. The zero-order valence-electron chi connectivity index (χ0n) is 12.9. The van der Waals surface area contributed by atoms with E-state index in [-0.39, 0.29) is 11.4 Å². The molecule has 0 aromatic carbocycles. The molecular formula is C15H27N3OS. The third-order valence-corrected chi connectivity index (χ3v) is 5.75. The molecule has 0 bridgehead atoms. The first kappa shape index (κ1) is 15.7. The molecule has 0 radical (unpaired) electrons. The Labute approximate surface area is 127 Å². The van der Waals surface area contributed by atoms with Crippen LogP contribution < -0.4 is 11.1 Å². The maximum absolute atomic E-state index is 12.6. The minimum absolute atomic E-state index is 0.0382. The number of hydrogen-bond acceptors (Lipinski definition) is 3. The second-order valence-corrected chi connectivity index (χ2v) is 7.41. The maximum atomic E-state index is 12.6. The predicted octanol–water partition coefficient (Wildman–Crippen LogP) is 1.68. The predicted molar refractivity (Wildman–Crippen MR) is 85.5 cm³/mol. The molecule has 2 fully saturated rings. The van der Waals surface area contributed by atoms with Crippen LogP contribution >= 0.6 is 12.2 Å². The van der Waals surface area contributed by atoms with Gasteiger partial charge in [0.05, 0.1) is 10.4 Å². The highest BCUT2D eigenvalue weighted by atomic mass is 32.1. The molecule has 0 aliphatic heterocycles. The molecule has 0 spiro atoms. The normalized spacial score (nSPS) is 31.9. The first-order valence-electron chi connectivity index (χ1n) is 7.58. The van der Waals surface area contributed by atoms with Crippen LogP contribution in [0.3, 0.4) is 0 Å². The van der Waals surface area contributed by atoms with Crippen molar-refractivity contribution in [2.75, 3.05) is 20.6 Å². The molecule has 0 aromatic rings. The summed E-state index contributed by atoms with van der Waals surface area (Å²) in [6, 6.07) is 0. The van der Waals surface area contributed by atoms with E-state index in [4.69, 9.17) is 18.0 Å². The molecule has 0 saturated heterocycles. The largest absolute Gasteiger partial charge is 0.392 e. The number of carbonyl (C=O) groups excluding carboxylic acids is 1. The quantitative estimate of drug-likeness (QED) is 0.758. The lowest BCUT2D eigenvalue weighted by Gasteiger charge is -2.45. The molecule has 2 aliphatic carbocycles. The molecule has 0 heterocycles. The Hall–Kier alpha value is -0.680.